The first-order valence-electron chi connectivity index (χ1n) is 5.47. The summed E-state index contributed by atoms with van der Waals surface area (Å²) in [5.74, 6) is 1.49. The second kappa shape index (κ2) is 5.67. The van der Waals surface area contributed by atoms with Crippen LogP contribution in [0, 0.1) is 0 Å². The highest BCUT2D eigenvalue weighted by Crippen LogP contribution is 2.23. The monoisotopic (exact) mass is 327 g/mol. The van der Waals surface area contributed by atoms with Gasteiger partial charge in [0.2, 0.25) is 0 Å². The zero-order valence-corrected chi connectivity index (χ0v) is 12.4. The minimum atomic E-state index is -1.05. The van der Waals surface area contributed by atoms with Gasteiger partial charge in [0.15, 0.2) is 0 Å². The van der Waals surface area contributed by atoms with Crippen molar-refractivity contribution in [2.24, 2.45) is 7.05 Å². The average molecular weight is 328 g/mol. The zero-order valence-electron chi connectivity index (χ0n) is 9.97. The van der Waals surface area contributed by atoms with Crippen LogP contribution in [0.25, 0.3) is 0 Å². The van der Waals surface area contributed by atoms with Gasteiger partial charge in [0.1, 0.15) is 5.82 Å². The van der Waals surface area contributed by atoms with Crippen LogP contribution in [0.3, 0.4) is 0 Å². The lowest BCUT2D eigenvalue weighted by Gasteiger charge is -2.06. The van der Waals surface area contributed by atoms with Crippen molar-refractivity contribution in [1.29, 1.82) is 0 Å². The molecule has 0 aliphatic heterocycles. The molecule has 1 heterocycles. The maximum atomic E-state index is 12.2. The maximum Gasteiger partial charge on any atom is 0.109 e. The molecule has 0 saturated carbocycles. The summed E-state index contributed by atoms with van der Waals surface area (Å²) in [5, 5.41) is 0. The summed E-state index contributed by atoms with van der Waals surface area (Å²) in [6.45, 7) is 0. The average Bonchev–Trinajstić information content (AvgIpc) is 2.72. The molecule has 1 aromatic heterocycles. The molecule has 6 heteroatoms. The molecular weight excluding hydrogens is 314 g/mol. The minimum Gasteiger partial charge on any atom is -0.399 e. The van der Waals surface area contributed by atoms with E-state index in [0.717, 1.165) is 15.2 Å². The normalized spacial score (nSPS) is 12.6. The molecule has 18 heavy (non-hydrogen) atoms. The highest BCUT2D eigenvalue weighted by atomic mass is 79.9. The van der Waals surface area contributed by atoms with Crippen LogP contribution < -0.4 is 5.73 Å². The molecule has 1 aromatic carbocycles. The van der Waals surface area contributed by atoms with Crippen LogP contribution in [-0.2, 0) is 24.3 Å². The Bertz CT molecular complexity index is 582. The summed E-state index contributed by atoms with van der Waals surface area (Å²) >= 11 is 3.39. The van der Waals surface area contributed by atoms with Gasteiger partial charge in [-0.2, -0.15) is 0 Å². The summed E-state index contributed by atoms with van der Waals surface area (Å²) in [4.78, 5) is 4.99. The zero-order chi connectivity index (χ0) is 13.1. The van der Waals surface area contributed by atoms with Crippen molar-refractivity contribution >= 4 is 32.4 Å². The molecule has 2 aromatic rings. The standard InChI is InChI=1S/C12H14BrN3OS/c1-16-6-5-15-12(16)4-7-18(17)11-3-2-9(14)8-10(11)13/h2-3,5-6,8H,4,7,14H2,1H3. The number of nitrogens with zero attached hydrogens (tertiary/aromatic N) is 2. The fourth-order valence-corrected chi connectivity index (χ4v) is 3.66. The lowest BCUT2D eigenvalue weighted by molar-refractivity contribution is 0.680. The number of aryl methyl sites for hydroxylation is 2. The van der Waals surface area contributed by atoms with Crippen molar-refractivity contribution in [3.8, 4) is 0 Å². The third kappa shape index (κ3) is 3.00. The Kier molecular flexibility index (Phi) is 4.19. The predicted octanol–water partition coefficient (Wildman–Crippen LogP) is 2.12. The van der Waals surface area contributed by atoms with Crippen LogP contribution in [0.4, 0.5) is 5.69 Å². The Hall–Kier alpha value is -1.14. The third-order valence-corrected chi connectivity index (χ3v) is 4.97. The van der Waals surface area contributed by atoms with Crippen molar-refractivity contribution in [1.82, 2.24) is 9.55 Å². The number of nitrogen functional groups attached to an aromatic ring is 1. The molecule has 4 nitrogen and oxygen atoms in total. The van der Waals surface area contributed by atoms with Crippen LogP contribution >= 0.6 is 15.9 Å². The predicted molar refractivity (Wildman–Crippen MR) is 76.7 cm³/mol. The molecule has 2 N–H and O–H groups in total. The summed E-state index contributed by atoms with van der Waals surface area (Å²) in [5.41, 5.74) is 6.32. The largest absolute Gasteiger partial charge is 0.399 e. The van der Waals surface area contributed by atoms with Gasteiger partial charge < -0.3 is 10.3 Å². The Morgan fingerprint density at radius 2 is 2.28 bits per heavy atom. The molecule has 0 aliphatic carbocycles. The minimum absolute atomic E-state index is 0.549. The maximum absolute atomic E-state index is 12.2. The van der Waals surface area contributed by atoms with E-state index in [0.29, 0.717) is 17.9 Å². The van der Waals surface area contributed by atoms with E-state index in [1.165, 1.54) is 0 Å². The number of rotatable bonds is 4. The number of benzene rings is 1. The molecule has 0 saturated heterocycles. The summed E-state index contributed by atoms with van der Waals surface area (Å²) in [6.07, 6.45) is 4.32. The van der Waals surface area contributed by atoms with E-state index in [2.05, 4.69) is 20.9 Å². The summed E-state index contributed by atoms with van der Waals surface area (Å²) in [7, 11) is 0.883. The van der Waals surface area contributed by atoms with Crippen molar-refractivity contribution in [3.63, 3.8) is 0 Å². The van der Waals surface area contributed by atoms with Crippen molar-refractivity contribution in [3.05, 3.63) is 40.9 Å². The lowest BCUT2D eigenvalue weighted by atomic mass is 10.3. The SMILES string of the molecule is Cn1ccnc1CCS(=O)c1ccc(N)cc1Br. The molecule has 0 radical (unpaired) electrons. The van der Waals surface area contributed by atoms with Crippen molar-refractivity contribution in [2.45, 2.75) is 11.3 Å². The number of nitrogens with two attached hydrogens (primary N) is 1. The van der Waals surface area contributed by atoms with Crippen LogP contribution in [-0.4, -0.2) is 19.5 Å². The van der Waals surface area contributed by atoms with E-state index in [9.17, 15) is 4.21 Å². The molecule has 1 atom stereocenters. The number of halogens is 1. The van der Waals surface area contributed by atoms with Crippen LogP contribution in [0.1, 0.15) is 5.82 Å². The van der Waals surface area contributed by atoms with E-state index in [1.54, 1.807) is 24.4 Å². The first kappa shape index (κ1) is 13.3. The van der Waals surface area contributed by atoms with Gasteiger partial charge in [-0.25, -0.2) is 4.98 Å². The Morgan fingerprint density at radius 3 is 2.89 bits per heavy atom. The highest BCUT2D eigenvalue weighted by Gasteiger charge is 2.10. The molecule has 0 amide bonds. The molecule has 0 fully saturated rings. The number of hydrogen-bond acceptors (Lipinski definition) is 3. The summed E-state index contributed by atoms with van der Waals surface area (Å²) in [6, 6.07) is 5.33. The first-order chi connectivity index (χ1) is 8.58. The molecule has 1 unspecified atom stereocenters. The van der Waals surface area contributed by atoms with E-state index in [1.807, 2.05) is 17.8 Å². The fraction of sp³-hybridized carbons (Fsp3) is 0.250. The number of anilines is 1. The number of imidazole rings is 1. The van der Waals surface area contributed by atoms with E-state index in [4.69, 9.17) is 5.73 Å². The lowest BCUT2D eigenvalue weighted by Crippen LogP contribution is -2.06. The third-order valence-electron chi connectivity index (χ3n) is 2.63. The van der Waals surface area contributed by atoms with Crippen LogP contribution in [0.2, 0.25) is 0 Å². The first-order valence-corrected chi connectivity index (χ1v) is 7.58. The Morgan fingerprint density at radius 1 is 1.50 bits per heavy atom. The van der Waals surface area contributed by atoms with E-state index < -0.39 is 10.8 Å². The smallest absolute Gasteiger partial charge is 0.109 e. The van der Waals surface area contributed by atoms with Gasteiger partial charge >= 0.3 is 0 Å². The quantitative estimate of drug-likeness (QED) is 0.875. The molecular formula is C12H14BrN3OS. The molecule has 96 valence electrons. The second-order valence-corrected chi connectivity index (χ2v) is 6.34. The Balaban J connectivity index is 2.06. The topological polar surface area (TPSA) is 60.9 Å². The van der Waals surface area contributed by atoms with Gasteiger partial charge in [-0.3, -0.25) is 4.21 Å². The molecule has 0 spiro atoms. The number of hydrogen-bond donors (Lipinski definition) is 1. The van der Waals surface area contributed by atoms with Gasteiger partial charge in [0.05, 0.1) is 15.7 Å². The highest BCUT2D eigenvalue weighted by molar-refractivity contribution is 9.10. The second-order valence-electron chi connectivity index (χ2n) is 3.94. The number of aromatic nitrogens is 2. The van der Waals surface area contributed by atoms with Gasteiger partial charge in [-0.15, -0.1) is 0 Å². The fourth-order valence-electron chi connectivity index (χ4n) is 1.63. The van der Waals surface area contributed by atoms with E-state index >= 15 is 0 Å². The molecule has 0 aliphatic rings. The molecule has 0 bridgehead atoms. The van der Waals surface area contributed by atoms with Crippen molar-refractivity contribution < 1.29 is 4.21 Å². The molecule has 2 rings (SSSR count). The van der Waals surface area contributed by atoms with Crippen LogP contribution in [0.5, 0.6) is 0 Å². The van der Waals surface area contributed by atoms with Gasteiger partial charge in [-0.1, -0.05) is 0 Å². The van der Waals surface area contributed by atoms with Crippen molar-refractivity contribution in [2.75, 3.05) is 11.5 Å². The Labute approximate surface area is 117 Å². The van der Waals surface area contributed by atoms with Gasteiger partial charge in [-0.05, 0) is 34.1 Å². The summed E-state index contributed by atoms with van der Waals surface area (Å²) < 4.78 is 14.9. The van der Waals surface area contributed by atoms with Gasteiger partial charge in [0.25, 0.3) is 0 Å². The van der Waals surface area contributed by atoms with Crippen LogP contribution in [0.15, 0.2) is 40.0 Å². The van der Waals surface area contributed by atoms with Gasteiger partial charge in [0, 0.05) is 41.8 Å². The van der Waals surface area contributed by atoms with E-state index in [-0.39, 0.29) is 0 Å².